The quantitative estimate of drug-likeness (QED) is 0.554. The maximum atomic E-state index is 12.1. The SMILES string of the molecule is CCOc1ccc(/C=N/OCC(=O)Nc2ccc(OC(F)(F)F)cc2)cc1. The third-order valence-corrected chi connectivity index (χ3v) is 3.03. The lowest BCUT2D eigenvalue weighted by atomic mass is 10.2. The van der Waals surface area contributed by atoms with Gasteiger partial charge in [0.05, 0.1) is 12.8 Å². The summed E-state index contributed by atoms with van der Waals surface area (Å²) in [4.78, 5) is 16.6. The highest BCUT2D eigenvalue weighted by atomic mass is 19.4. The average molecular weight is 382 g/mol. The number of nitrogens with zero attached hydrogens (tertiary/aromatic N) is 1. The van der Waals surface area contributed by atoms with Gasteiger partial charge in [-0.25, -0.2) is 0 Å². The molecule has 0 fully saturated rings. The van der Waals surface area contributed by atoms with Crippen molar-refractivity contribution in [2.45, 2.75) is 13.3 Å². The van der Waals surface area contributed by atoms with E-state index in [1.165, 1.54) is 18.3 Å². The minimum absolute atomic E-state index is 0.300. The summed E-state index contributed by atoms with van der Waals surface area (Å²) in [7, 11) is 0. The van der Waals surface area contributed by atoms with Gasteiger partial charge < -0.3 is 19.6 Å². The number of hydrogen-bond acceptors (Lipinski definition) is 5. The molecule has 1 amide bonds. The second-order valence-electron chi connectivity index (χ2n) is 5.13. The predicted molar refractivity (Wildman–Crippen MR) is 92.9 cm³/mol. The number of benzene rings is 2. The Morgan fingerprint density at radius 2 is 1.70 bits per heavy atom. The Labute approximate surface area is 153 Å². The average Bonchev–Trinajstić information content (AvgIpc) is 2.61. The summed E-state index contributed by atoms with van der Waals surface area (Å²) in [6, 6.07) is 11.9. The minimum Gasteiger partial charge on any atom is -0.494 e. The number of carbonyl (C=O) groups excluding carboxylic acids is 1. The van der Waals surface area contributed by atoms with Crippen LogP contribution in [0.4, 0.5) is 18.9 Å². The molecule has 0 saturated heterocycles. The Kier molecular flexibility index (Phi) is 7.04. The van der Waals surface area contributed by atoms with Gasteiger partial charge in [-0.3, -0.25) is 4.79 Å². The first-order chi connectivity index (χ1) is 12.9. The van der Waals surface area contributed by atoms with Gasteiger partial charge in [0.1, 0.15) is 11.5 Å². The Bertz CT molecular complexity index is 760. The summed E-state index contributed by atoms with van der Waals surface area (Å²) >= 11 is 0. The number of hydrogen-bond donors (Lipinski definition) is 1. The first kappa shape index (κ1) is 20.1. The van der Waals surface area contributed by atoms with E-state index in [0.29, 0.717) is 12.3 Å². The van der Waals surface area contributed by atoms with E-state index in [4.69, 9.17) is 9.57 Å². The van der Waals surface area contributed by atoms with Gasteiger partial charge in [0.25, 0.3) is 5.91 Å². The van der Waals surface area contributed by atoms with Crippen molar-refractivity contribution in [3.8, 4) is 11.5 Å². The Balaban J connectivity index is 1.75. The number of rotatable bonds is 8. The molecule has 2 aromatic carbocycles. The van der Waals surface area contributed by atoms with Crippen LogP contribution in [0, 0.1) is 0 Å². The van der Waals surface area contributed by atoms with Crippen LogP contribution in [0.2, 0.25) is 0 Å². The normalized spacial score (nSPS) is 11.3. The fraction of sp³-hybridized carbons (Fsp3) is 0.222. The van der Waals surface area contributed by atoms with E-state index in [0.717, 1.165) is 23.4 Å². The molecule has 6 nitrogen and oxygen atoms in total. The van der Waals surface area contributed by atoms with Crippen LogP contribution in [0.1, 0.15) is 12.5 Å². The van der Waals surface area contributed by atoms with Crippen LogP contribution in [-0.4, -0.2) is 31.7 Å². The third-order valence-electron chi connectivity index (χ3n) is 3.03. The molecule has 144 valence electrons. The molecule has 0 unspecified atom stereocenters. The first-order valence-corrected chi connectivity index (χ1v) is 7.89. The first-order valence-electron chi connectivity index (χ1n) is 7.89. The Morgan fingerprint density at radius 1 is 1.07 bits per heavy atom. The zero-order valence-corrected chi connectivity index (χ0v) is 14.3. The van der Waals surface area contributed by atoms with Gasteiger partial charge in [-0.1, -0.05) is 5.16 Å². The molecule has 0 aliphatic carbocycles. The molecule has 0 aromatic heterocycles. The van der Waals surface area contributed by atoms with Crippen molar-refractivity contribution in [3.05, 3.63) is 54.1 Å². The fourth-order valence-corrected chi connectivity index (χ4v) is 1.95. The molecule has 2 aromatic rings. The minimum atomic E-state index is -4.76. The highest BCUT2D eigenvalue weighted by Crippen LogP contribution is 2.23. The van der Waals surface area contributed by atoms with E-state index >= 15 is 0 Å². The molecule has 0 aliphatic rings. The molecule has 9 heteroatoms. The van der Waals surface area contributed by atoms with Crippen LogP contribution in [0.5, 0.6) is 11.5 Å². The molecule has 0 aliphatic heterocycles. The Hall–Kier alpha value is -3.23. The molecule has 2 rings (SSSR count). The second-order valence-corrected chi connectivity index (χ2v) is 5.13. The topological polar surface area (TPSA) is 69.2 Å². The summed E-state index contributed by atoms with van der Waals surface area (Å²) < 4.78 is 45.3. The number of anilines is 1. The standard InChI is InChI=1S/C18H17F3N2O4/c1-2-25-15-7-3-13(4-8-15)11-22-26-12-17(24)23-14-5-9-16(10-6-14)27-18(19,20)21/h3-11H,2,12H2,1H3,(H,23,24)/b22-11+. The highest BCUT2D eigenvalue weighted by Gasteiger charge is 2.30. The van der Waals surface area contributed by atoms with Crippen molar-refractivity contribution in [1.82, 2.24) is 0 Å². The summed E-state index contributed by atoms with van der Waals surface area (Å²) in [5, 5.41) is 6.14. The lowest BCUT2D eigenvalue weighted by Gasteiger charge is -2.09. The molecule has 0 bridgehead atoms. The van der Waals surface area contributed by atoms with E-state index in [-0.39, 0.29) is 12.4 Å². The number of nitrogens with one attached hydrogen (secondary N) is 1. The lowest BCUT2D eigenvalue weighted by Crippen LogP contribution is -2.18. The fourth-order valence-electron chi connectivity index (χ4n) is 1.95. The predicted octanol–water partition coefficient (Wildman–Crippen LogP) is 3.97. The van der Waals surface area contributed by atoms with Gasteiger partial charge in [0.15, 0.2) is 6.61 Å². The van der Waals surface area contributed by atoms with Crippen LogP contribution in [-0.2, 0) is 9.63 Å². The zero-order valence-electron chi connectivity index (χ0n) is 14.3. The smallest absolute Gasteiger partial charge is 0.494 e. The zero-order chi connectivity index (χ0) is 19.7. The molecule has 0 heterocycles. The van der Waals surface area contributed by atoms with Crippen molar-refractivity contribution in [3.63, 3.8) is 0 Å². The van der Waals surface area contributed by atoms with Crippen molar-refractivity contribution < 1.29 is 32.3 Å². The van der Waals surface area contributed by atoms with Crippen molar-refractivity contribution in [1.29, 1.82) is 0 Å². The molecular formula is C18H17F3N2O4. The number of carbonyl (C=O) groups is 1. The van der Waals surface area contributed by atoms with E-state index in [1.807, 2.05) is 6.92 Å². The molecule has 0 spiro atoms. The summed E-state index contributed by atoms with van der Waals surface area (Å²) in [6.45, 7) is 2.11. The van der Waals surface area contributed by atoms with Crippen LogP contribution in [0.15, 0.2) is 53.7 Å². The van der Waals surface area contributed by atoms with E-state index in [9.17, 15) is 18.0 Å². The summed E-state index contributed by atoms with van der Waals surface area (Å²) in [5.41, 5.74) is 1.06. The van der Waals surface area contributed by atoms with Crippen LogP contribution in [0.25, 0.3) is 0 Å². The number of alkyl halides is 3. The van der Waals surface area contributed by atoms with Gasteiger partial charge in [-0.2, -0.15) is 0 Å². The van der Waals surface area contributed by atoms with Crippen LogP contribution < -0.4 is 14.8 Å². The van der Waals surface area contributed by atoms with Gasteiger partial charge in [0.2, 0.25) is 0 Å². The van der Waals surface area contributed by atoms with Crippen molar-refractivity contribution >= 4 is 17.8 Å². The van der Waals surface area contributed by atoms with E-state index in [2.05, 4.69) is 15.2 Å². The van der Waals surface area contributed by atoms with E-state index in [1.54, 1.807) is 24.3 Å². The van der Waals surface area contributed by atoms with Gasteiger partial charge in [-0.15, -0.1) is 13.2 Å². The molecule has 0 atom stereocenters. The highest BCUT2D eigenvalue weighted by molar-refractivity contribution is 5.91. The second kappa shape index (κ2) is 9.46. The third kappa shape index (κ3) is 7.68. The van der Waals surface area contributed by atoms with Crippen molar-refractivity contribution in [2.24, 2.45) is 5.16 Å². The number of halogens is 3. The lowest BCUT2D eigenvalue weighted by molar-refractivity contribution is -0.274. The summed E-state index contributed by atoms with van der Waals surface area (Å²) in [6.07, 6.45) is -3.33. The number of oxime groups is 1. The maximum Gasteiger partial charge on any atom is 0.573 e. The van der Waals surface area contributed by atoms with Gasteiger partial charge in [-0.05, 0) is 61.0 Å². The molecule has 0 radical (unpaired) electrons. The number of ether oxygens (including phenoxy) is 2. The largest absolute Gasteiger partial charge is 0.573 e. The van der Waals surface area contributed by atoms with Gasteiger partial charge >= 0.3 is 6.36 Å². The molecule has 1 N–H and O–H groups in total. The maximum absolute atomic E-state index is 12.1. The molecule has 0 saturated carbocycles. The molecule has 27 heavy (non-hydrogen) atoms. The van der Waals surface area contributed by atoms with Gasteiger partial charge in [0, 0.05) is 5.69 Å². The molecular weight excluding hydrogens is 365 g/mol. The monoisotopic (exact) mass is 382 g/mol. The van der Waals surface area contributed by atoms with E-state index < -0.39 is 12.3 Å². The van der Waals surface area contributed by atoms with Crippen molar-refractivity contribution in [2.75, 3.05) is 18.5 Å². The Morgan fingerprint density at radius 3 is 2.30 bits per heavy atom. The summed E-state index contributed by atoms with van der Waals surface area (Å²) in [5.74, 6) is -0.151. The van der Waals surface area contributed by atoms with Crippen LogP contribution >= 0.6 is 0 Å². The van der Waals surface area contributed by atoms with Crippen LogP contribution in [0.3, 0.4) is 0 Å². The number of amides is 1.